The van der Waals surface area contributed by atoms with Crippen molar-refractivity contribution < 1.29 is 13.2 Å². The summed E-state index contributed by atoms with van der Waals surface area (Å²) in [6.07, 6.45) is 1.25. The molecular formula is C17H23N3O3S. The van der Waals surface area contributed by atoms with Gasteiger partial charge < -0.3 is 4.74 Å². The minimum atomic E-state index is -3.29. The molecule has 2 heterocycles. The van der Waals surface area contributed by atoms with Gasteiger partial charge in [-0.1, -0.05) is 30.3 Å². The fourth-order valence-electron chi connectivity index (χ4n) is 3.32. The summed E-state index contributed by atoms with van der Waals surface area (Å²) in [6, 6.07) is 9.80. The van der Waals surface area contributed by atoms with Crippen LogP contribution in [0.25, 0.3) is 0 Å². The molecule has 24 heavy (non-hydrogen) atoms. The molecule has 7 heteroatoms. The molecule has 6 nitrogen and oxygen atoms in total. The van der Waals surface area contributed by atoms with Gasteiger partial charge in [0.25, 0.3) is 0 Å². The number of rotatable bonds is 4. The van der Waals surface area contributed by atoms with E-state index in [9.17, 15) is 8.42 Å². The standard InChI is InChI=1S/C17H23N3O3S/c1-13-17(16-12-23-10-9-20(16)24(3,21)22)14(2)19(18-13)11-15-7-5-4-6-8-15/h4-8,16H,9-12H2,1-3H3. The molecule has 2 aromatic rings. The van der Waals surface area contributed by atoms with Crippen molar-refractivity contribution in [2.24, 2.45) is 0 Å². The maximum Gasteiger partial charge on any atom is 0.211 e. The topological polar surface area (TPSA) is 64.4 Å². The Bertz CT molecular complexity index is 815. The molecule has 0 aliphatic carbocycles. The fourth-order valence-corrected chi connectivity index (χ4v) is 4.35. The van der Waals surface area contributed by atoms with Crippen LogP contribution in [0.5, 0.6) is 0 Å². The highest BCUT2D eigenvalue weighted by molar-refractivity contribution is 7.88. The van der Waals surface area contributed by atoms with Crippen molar-refractivity contribution in [2.75, 3.05) is 26.0 Å². The third-order valence-electron chi connectivity index (χ3n) is 4.45. The van der Waals surface area contributed by atoms with E-state index in [1.165, 1.54) is 10.6 Å². The minimum absolute atomic E-state index is 0.307. The van der Waals surface area contributed by atoms with E-state index in [2.05, 4.69) is 17.2 Å². The SMILES string of the molecule is Cc1nn(Cc2ccccc2)c(C)c1C1COCCN1S(C)(=O)=O. The van der Waals surface area contributed by atoms with Crippen LogP contribution in [-0.2, 0) is 21.3 Å². The van der Waals surface area contributed by atoms with Crippen LogP contribution >= 0.6 is 0 Å². The third-order valence-corrected chi connectivity index (χ3v) is 5.74. The minimum Gasteiger partial charge on any atom is -0.378 e. The van der Waals surface area contributed by atoms with Crippen LogP contribution in [0.3, 0.4) is 0 Å². The number of hydrogen-bond donors (Lipinski definition) is 0. The zero-order valence-corrected chi connectivity index (χ0v) is 15.1. The lowest BCUT2D eigenvalue weighted by molar-refractivity contribution is 0.0319. The van der Waals surface area contributed by atoms with Gasteiger partial charge in [-0.15, -0.1) is 0 Å². The highest BCUT2D eigenvalue weighted by atomic mass is 32.2. The summed E-state index contributed by atoms with van der Waals surface area (Å²) < 4.78 is 33.3. The molecule has 0 saturated carbocycles. The maximum absolute atomic E-state index is 12.1. The van der Waals surface area contributed by atoms with Crippen molar-refractivity contribution in [3.63, 3.8) is 0 Å². The number of hydrogen-bond acceptors (Lipinski definition) is 4. The summed E-state index contributed by atoms with van der Waals surface area (Å²) in [5.74, 6) is 0. The molecule has 1 fully saturated rings. The predicted octanol–water partition coefficient (Wildman–Crippen LogP) is 1.88. The summed E-state index contributed by atoms with van der Waals surface area (Å²) in [7, 11) is -3.29. The van der Waals surface area contributed by atoms with Crippen LogP contribution < -0.4 is 0 Å². The Morgan fingerprint density at radius 3 is 2.62 bits per heavy atom. The number of nitrogens with zero attached hydrogens (tertiary/aromatic N) is 3. The van der Waals surface area contributed by atoms with Crippen LogP contribution in [0, 0.1) is 13.8 Å². The largest absolute Gasteiger partial charge is 0.378 e. The molecule has 0 radical (unpaired) electrons. The van der Waals surface area contributed by atoms with E-state index in [1.54, 1.807) is 0 Å². The van der Waals surface area contributed by atoms with Gasteiger partial charge in [0.05, 0.1) is 37.8 Å². The average molecular weight is 349 g/mol. The van der Waals surface area contributed by atoms with Crippen molar-refractivity contribution in [1.82, 2.24) is 14.1 Å². The van der Waals surface area contributed by atoms with E-state index in [4.69, 9.17) is 4.74 Å². The molecule has 1 atom stereocenters. The molecule has 1 aliphatic heterocycles. The summed E-state index contributed by atoms with van der Waals surface area (Å²) in [5.41, 5.74) is 3.96. The molecule has 3 rings (SSSR count). The van der Waals surface area contributed by atoms with E-state index >= 15 is 0 Å². The number of sulfonamides is 1. The monoisotopic (exact) mass is 349 g/mol. The summed E-state index contributed by atoms with van der Waals surface area (Å²) in [6.45, 7) is 5.77. The highest BCUT2D eigenvalue weighted by Crippen LogP contribution is 2.31. The molecule has 0 bridgehead atoms. The van der Waals surface area contributed by atoms with Gasteiger partial charge in [-0.25, -0.2) is 8.42 Å². The van der Waals surface area contributed by atoms with Crippen molar-refractivity contribution >= 4 is 10.0 Å². The summed E-state index contributed by atoms with van der Waals surface area (Å²) in [5, 5.41) is 4.64. The van der Waals surface area contributed by atoms with Gasteiger partial charge >= 0.3 is 0 Å². The van der Waals surface area contributed by atoms with Crippen molar-refractivity contribution in [3.05, 3.63) is 52.8 Å². The second-order valence-electron chi connectivity index (χ2n) is 6.19. The second-order valence-corrected chi connectivity index (χ2v) is 8.13. The molecule has 1 aromatic heterocycles. The molecule has 1 saturated heterocycles. The first-order valence-electron chi connectivity index (χ1n) is 8.00. The molecule has 1 unspecified atom stereocenters. The first-order valence-corrected chi connectivity index (χ1v) is 9.85. The normalized spacial score (nSPS) is 19.5. The summed E-state index contributed by atoms with van der Waals surface area (Å²) in [4.78, 5) is 0. The van der Waals surface area contributed by atoms with Crippen molar-refractivity contribution in [3.8, 4) is 0 Å². The second kappa shape index (κ2) is 6.66. The average Bonchev–Trinajstić information content (AvgIpc) is 2.81. The van der Waals surface area contributed by atoms with Crippen LogP contribution in [-0.4, -0.2) is 48.5 Å². The van der Waals surface area contributed by atoms with Crippen LogP contribution in [0.4, 0.5) is 0 Å². The highest BCUT2D eigenvalue weighted by Gasteiger charge is 2.34. The number of benzene rings is 1. The fraction of sp³-hybridized carbons (Fsp3) is 0.471. The lowest BCUT2D eigenvalue weighted by Crippen LogP contribution is -2.43. The summed E-state index contributed by atoms with van der Waals surface area (Å²) >= 11 is 0. The van der Waals surface area contributed by atoms with Crippen LogP contribution in [0.2, 0.25) is 0 Å². The van der Waals surface area contributed by atoms with Gasteiger partial charge in [0, 0.05) is 17.8 Å². The van der Waals surface area contributed by atoms with Crippen LogP contribution in [0.1, 0.15) is 28.6 Å². The first-order chi connectivity index (χ1) is 11.4. The molecule has 0 amide bonds. The molecule has 0 N–H and O–H groups in total. The lowest BCUT2D eigenvalue weighted by atomic mass is 10.0. The van der Waals surface area contributed by atoms with Gasteiger partial charge in [-0.05, 0) is 19.4 Å². The van der Waals surface area contributed by atoms with E-state index < -0.39 is 10.0 Å². The Morgan fingerprint density at radius 1 is 1.25 bits per heavy atom. The Kier molecular flexibility index (Phi) is 4.76. The molecule has 1 aliphatic rings. The Morgan fingerprint density at radius 2 is 1.96 bits per heavy atom. The smallest absolute Gasteiger partial charge is 0.211 e. The number of aryl methyl sites for hydroxylation is 1. The van der Waals surface area contributed by atoms with Gasteiger partial charge in [-0.3, -0.25) is 4.68 Å². The zero-order chi connectivity index (χ0) is 17.3. The molecule has 1 aromatic carbocycles. The van der Waals surface area contributed by atoms with Crippen molar-refractivity contribution in [1.29, 1.82) is 0 Å². The van der Waals surface area contributed by atoms with E-state index in [-0.39, 0.29) is 6.04 Å². The zero-order valence-electron chi connectivity index (χ0n) is 14.3. The molecule has 0 spiro atoms. The van der Waals surface area contributed by atoms with E-state index in [0.29, 0.717) is 26.3 Å². The molecule has 130 valence electrons. The number of aromatic nitrogens is 2. The van der Waals surface area contributed by atoms with Gasteiger partial charge in [0.1, 0.15) is 0 Å². The Labute approximate surface area is 143 Å². The van der Waals surface area contributed by atoms with E-state index in [0.717, 1.165) is 22.5 Å². The lowest BCUT2D eigenvalue weighted by Gasteiger charge is -2.34. The van der Waals surface area contributed by atoms with Crippen molar-refractivity contribution in [2.45, 2.75) is 26.4 Å². The number of ether oxygens (including phenoxy) is 1. The van der Waals surface area contributed by atoms with E-state index in [1.807, 2.05) is 36.7 Å². The third kappa shape index (κ3) is 3.38. The van der Waals surface area contributed by atoms with Crippen LogP contribution in [0.15, 0.2) is 30.3 Å². The van der Waals surface area contributed by atoms with Gasteiger partial charge in [0.15, 0.2) is 0 Å². The Hall–Kier alpha value is -1.70. The first kappa shape index (κ1) is 17.1. The maximum atomic E-state index is 12.1. The predicted molar refractivity (Wildman–Crippen MR) is 92.4 cm³/mol. The van der Waals surface area contributed by atoms with Gasteiger partial charge in [0.2, 0.25) is 10.0 Å². The Balaban J connectivity index is 1.96. The number of morpholine rings is 1. The van der Waals surface area contributed by atoms with Gasteiger partial charge in [-0.2, -0.15) is 9.40 Å². The molecular weight excluding hydrogens is 326 g/mol. The quantitative estimate of drug-likeness (QED) is 0.845.